The van der Waals surface area contributed by atoms with Gasteiger partial charge in [0.25, 0.3) is 0 Å². The number of amides is 2. The molecule has 0 radical (unpaired) electrons. The smallest absolute Gasteiger partial charge is 0.329 e. The van der Waals surface area contributed by atoms with Gasteiger partial charge in [0.1, 0.15) is 12.7 Å². The van der Waals surface area contributed by atoms with Gasteiger partial charge in [0.15, 0.2) is 0 Å². The Morgan fingerprint density at radius 3 is 1.64 bits per heavy atom. The van der Waals surface area contributed by atoms with Crippen molar-refractivity contribution in [3.05, 3.63) is 85.7 Å². The summed E-state index contributed by atoms with van der Waals surface area (Å²) in [7, 11) is 5.26. The molecule has 0 bridgehead atoms. The molecular weight excluding hydrogens is 452 g/mol. The highest BCUT2D eigenvalue weighted by Crippen LogP contribution is 2.17. The number of hydrogen-bond donors (Lipinski definition) is 0. The van der Waals surface area contributed by atoms with Crippen molar-refractivity contribution in [3.8, 4) is 22.5 Å². The predicted octanol–water partition coefficient (Wildman–Crippen LogP) is 5.72. The zero-order chi connectivity index (χ0) is 25.9. The molecule has 4 rings (SSSR count). The maximum Gasteiger partial charge on any atom is 0.329 e. The second-order valence-electron chi connectivity index (χ2n) is 8.65. The molecule has 0 aliphatic heterocycles. The van der Waals surface area contributed by atoms with E-state index >= 15 is 0 Å². The first-order valence-corrected chi connectivity index (χ1v) is 12.1. The number of imidazole rings is 2. The van der Waals surface area contributed by atoms with E-state index in [-0.39, 0.29) is 12.1 Å². The highest BCUT2D eigenvalue weighted by Gasteiger charge is 2.12. The molecule has 2 amide bonds. The minimum absolute atomic E-state index is 0.0317. The molecular formula is C28H34N6O2. The van der Waals surface area contributed by atoms with Crippen molar-refractivity contribution in [2.24, 2.45) is 0 Å². The quantitative estimate of drug-likeness (QED) is 0.327. The van der Waals surface area contributed by atoms with Crippen molar-refractivity contribution in [1.82, 2.24) is 28.9 Å². The first kappa shape index (κ1) is 26.4. The highest BCUT2D eigenvalue weighted by molar-refractivity contribution is 5.78. The Kier molecular flexibility index (Phi) is 9.56. The number of benzene rings is 2. The third-order valence-corrected chi connectivity index (χ3v) is 5.55. The molecule has 2 aromatic heterocycles. The Morgan fingerprint density at radius 1 is 0.722 bits per heavy atom. The van der Waals surface area contributed by atoms with E-state index in [1.807, 2.05) is 67.7 Å². The molecule has 8 nitrogen and oxygen atoms in total. The molecule has 0 fully saturated rings. The van der Waals surface area contributed by atoms with Gasteiger partial charge in [0.2, 0.25) is 0 Å². The topological polar surface area (TPSA) is 76.3 Å². The average molecular weight is 487 g/mol. The van der Waals surface area contributed by atoms with Gasteiger partial charge in [-0.2, -0.15) is 0 Å². The Labute approximate surface area is 212 Å². The van der Waals surface area contributed by atoms with Gasteiger partial charge in [0.05, 0.1) is 11.4 Å². The van der Waals surface area contributed by atoms with Crippen molar-refractivity contribution in [1.29, 1.82) is 0 Å². The number of unbranched alkanes of at least 4 members (excludes halogenated alkanes) is 2. The van der Waals surface area contributed by atoms with Crippen LogP contribution in [0, 0.1) is 0 Å². The van der Waals surface area contributed by atoms with Crippen molar-refractivity contribution < 1.29 is 9.59 Å². The average Bonchev–Trinajstić information content (AvgIpc) is 3.60. The van der Waals surface area contributed by atoms with Crippen LogP contribution in [0.15, 0.2) is 85.7 Å². The van der Waals surface area contributed by atoms with Gasteiger partial charge in [-0.25, -0.2) is 19.6 Å². The van der Waals surface area contributed by atoms with Crippen molar-refractivity contribution >= 4 is 12.1 Å². The molecule has 0 saturated heterocycles. The Hall–Kier alpha value is -4.20. The summed E-state index contributed by atoms with van der Waals surface area (Å²) in [6, 6.07) is 19.5. The van der Waals surface area contributed by atoms with E-state index in [0.717, 1.165) is 48.3 Å². The molecule has 0 atom stereocenters. The third kappa shape index (κ3) is 7.15. The Bertz CT molecular complexity index is 1230. The summed E-state index contributed by atoms with van der Waals surface area (Å²) in [6.07, 6.45) is 9.98. The highest BCUT2D eigenvalue weighted by atomic mass is 16.2. The van der Waals surface area contributed by atoms with Gasteiger partial charge in [0, 0.05) is 51.2 Å². The van der Waals surface area contributed by atoms with E-state index in [0.29, 0.717) is 0 Å². The molecule has 0 unspecified atom stereocenters. The maximum absolute atomic E-state index is 12.2. The number of hydrogen-bond acceptors (Lipinski definition) is 4. The van der Waals surface area contributed by atoms with Crippen molar-refractivity contribution in [2.45, 2.75) is 26.2 Å². The fourth-order valence-electron chi connectivity index (χ4n) is 3.49. The van der Waals surface area contributed by atoms with Gasteiger partial charge >= 0.3 is 12.1 Å². The summed E-state index contributed by atoms with van der Waals surface area (Å²) in [5, 5.41) is 0. The van der Waals surface area contributed by atoms with Gasteiger partial charge in [-0.05, 0) is 6.42 Å². The molecule has 0 spiro atoms. The zero-order valence-corrected chi connectivity index (χ0v) is 21.4. The molecule has 0 N–H and O–H groups in total. The Morgan fingerprint density at radius 2 is 1.19 bits per heavy atom. The normalized spacial score (nSPS) is 10.3. The molecule has 0 saturated carbocycles. The minimum atomic E-state index is -0.102. The number of nitrogens with zero attached hydrogens (tertiary/aromatic N) is 6. The van der Waals surface area contributed by atoms with Gasteiger partial charge in [-0.3, -0.25) is 9.13 Å². The van der Waals surface area contributed by atoms with Crippen LogP contribution in [0.1, 0.15) is 26.2 Å². The van der Waals surface area contributed by atoms with Crippen LogP contribution in [0.2, 0.25) is 0 Å². The van der Waals surface area contributed by atoms with Gasteiger partial charge in [-0.1, -0.05) is 80.4 Å². The fourth-order valence-corrected chi connectivity index (χ4v) is 3.49. The molecule has 8 heteroatoms. The summed E-state index contributed by atoms with van der Waals surface area (Å²) in [5.74, 6) is 0. The lowest BCUT2D eigenvalue weighted by molar-refractivity contribution is 0.209. The zero-order valence-electron chi connectivity index (χ0n) is 21.4. The lowest BCUT2D eigenvalue weighted by Gasteiger charge is -2.16. The standard InChI is InChI=1S/C16H21N3O.C12H13N3O/c1-3-4-8-11-18(2)16(20)19-12-15(17-13-19)14-9-6-5-7-10-14;1-14(2)12(16)15-8-11(13-9-15)10-6-4-3-5-7-10/h5-7,9-10,12-13H,3-4,8,11H2,1-2H3;3-9H,1-2H3. The van der Waals surface area contributed by atoms with Crippen LogP contribution >= 0.6 is 0 Å². The largest absolute Gasteiger partial charge is 0.330 e. The van der Waals surface area contributed by atoms with Crippen molar-refractivity contribution in [2.75, 3.05) is 27.7 Å². The van der Waals surface area contributed by atoms with Crippen LogP contribution in [0.3, 0.4) is 0 Å². The van der Waals surface area contributed by atoms with Crippen LogP contribution in [0.5, 0.6) is 0 Å². The lowest BCUT2D eigenvalue weighted by atomic mass is 10.2. The third-order valence-electron chi connectivity index (χ3n) is 5.55. The van der Waals surface area contributed by atoms with E-state index in [1.165, 1.54) is 15.8 Å². The van der Waals surface area contributed by atoms with Crippen molar-refractivity contribution in [3.63, 3.8) is 0 Å². The van der Waals surface area contributed by atoms with Crippen LogP contribution < -0.4 is 0 Å². The summed E-state index contributed by atoms with van der Waals surface area (Å²) >= 11 is 0. The first-order valence-electron chi connectivity index (χ1n) is 12.1. The van der Waals surface area contributed by atoms with E-state index in [2.05, 4.69) is 16.9 Å². The van der Waals surface area contributed by atoms with Crippen LogP contribution in [-0.4, -0.2) is 68.7 Å². The molecule has 188 valence electrons. The van der Waals surface area contributed by atoms with Crippen LogP contribution in [0.25, 0.3) is 22.5 Å². The SMILES string of the molecule is CCCCCN(C)C(=O)n1cnc(-c2ccccc2)c1.CN(C)C(=O)n1cnc(-c2ccccc2)c1. The summed E-state index contributed by atoms with van der Waals surface area (Å²) in [6.45, 7) is 2.94. The summed E-state index contributed by atoms with van der Waals surface area (Å²) in [4.78, 5) is 35.6. The monoisotopic (exact) mass is 486 g/mol. The molecule has 4 aromatic rings. The second-order valence-corrected chi connectivity index (χ2v) is 8.65. The van der Waals surface area contributed by atoms with Crippen LogP contribution in [0.4, 0.5) is 9.59 Å². The number of rotatable bonds is 6. The number of carbonyl (C=O) groups is 2. The number of carbonyl (C=O) groups excluding carboxylic acids is 2. The van der Waals surface area contributed by atoms with E-state index in [9.17, 15) is 9.59 Å². The summed E-state index contributed by atoms with van der Waals surface area (Å²) < 4.78 is 3.02. The second kappa shape index (κ2) is 13.0. The molecule has 2 heterocycles. The maximum atomic E-state index is 12.2. The number of aromatic nitrogens is 4. The first-order chi connectivity index (χ1) is 17.4. The van der Waals surface area contributed by atoms with Crippen LogP contribution in [-0.2, 0) is 0 Å². The summed E-state index contributed by atoms with van der Waals surface area (Å²) in [5.41, 5.74) is 3.65. The van der Waals surface area contributed by atoms with E-state index in [4.69, 9.17) is 0 Å². The molecule has 0 aliphatic rings. The molecule has 2 aromatic carbocycles. The molecule has 36 heavy (non-hydrogen) atoms. The molecule has 0 aliphatic carbocycles. The van der Waals surface area contributed by atoms with Gasteiger partial charge < -0.3 is 9.80 Å². The van der Waals surface area contributed by atoms with E-state index in [1.54, 1.807) is 42.3 Å². The lowest BCUT2D eigenvalue weighted by Crippen LogP contribution is -2.31. The fraction of sp³-hybridized carbons (Fsp3) is 0.286. The predicted molar refractivity (Wildman–Crippen MR) is 143 cm³/mol. The van der Waals surface area contributed by atoms with Gasteiger partial charge in [-0.15, -0.1) is 0 Å². The Balaban J connectivity index is 0.000000205. The minimum Gasteiger partial charge on any atom is -0.330 e. The van der Waals surface area contributed by atoms with E-state index < -0.39 is 0 Å².